The topological polar surface area (TPSA) is 55.4 Å². The van der Waals surface area contributed by atoms with Crippen molar-refractivity contribution in [2.24, 2.45) is 0 Å². The highest BCUT2D eigenvalue weighted by Crippen LogP contribution is 2.15. The molecule has 0 heterocycles. The normalized spacial score (nSPS) is 10.3. The highest BCUT2D eigenvalue weighted by atomic mass is 19.1. The van der Waals surface area contributed by atoms with Crippen molar-refractivity contribution in [2.75, 3.05) is 11.9 Å². The third-order valence-corrected chi connectivity index (χ3v) is 2.88. The minimum atomic E-state index is -1.19. The van der Waals surface area contributed by atoms with Gasteiger partial charge in [0, 0.05) is 0 Å². The quantitative estimate of drug-likeness (QED) is 0.879. The molecule has 1 amide bonds. The predicted octanol–water partition coefficient (Wildman–Crippen LogP) is 3.21. The number of carbonyl (C=O) groups excluding carboxylic acids is 2. The molecule has 120 valence electrons. The maximum absolute atomic E-state index is 13.6. The van der Waals surface area contributed by atoms with Crippen molar-refractivity contribution in [3.63, 3.8) is 0 Å². The van der Waals surface area contributed by atoms with Gasteiger partial charge in [-0.3, -0.25) is 4.79 Å². The minimum Gasteiger partial charge on any atom is -0.452 e. The molecule has 0 aliphatic heterocycles. The fraction of sp³-hybridized carbons (Fsp3) is 0.125. The molecule has 7 heteroatoms. The lowest BCUT2D eigenvalue weighted by molar-refractivity contribution is -0.119. The summed E-state index contributed by atoms with van der Waals surface area (Å²) in [7, 11) is 0. The summed E-state index contributed by atoms with van der Waals surface area (Å²) in [5.74, 6) is -4.42. The molecular formula is C16H12F3NO3. The molecule has 4 nitrogen and oxygen atoms in total. The van der Waals surface area contributed by atoms with Crippen molar-refractivity contribution in [1.29, 1.82) is 0 Å². The Hall–Kier alpha value is -2.83. The van der Waals surface area contributed by atoms with Crippen LogP contribution in [0.3, 0.4) is 0 Å². The number of nitrogens with one attached hydrogen (secondary N) is 1. The smallest absolute Gasteiger partial charge is 0.341 e. The van der Waals surface area contributed by atoms with E-state index in [1.54, 1.807) is 13.0 Å². The summed E-state index contributed by atoms with van der Waals surface area (Å²) in [6.45, 7) is 0.923. The van der Waals surface area contributed by atoms with E-state index in [0.29, 0.717) is 11.6 Å². The molecular weight excluding hydrogens is 311 g/mol. The van der Waals surface area contributed by atoms with Crippen molar-refractivity contribution in [1.82, 2.24) is 0 Å². The van der Waals surface area contributed by atoms with E-state index >= 15 is 0 Å². The number of ether oxygens (including phenoxy) is 1. The van der Waals surface area contributed by atoms with Crippen LogP contribution in [0.15, 0.2) is 36.4 Å². The summed E-state index contributed by atoms with van der Waals surface area (Å²) < 4.78 is 44.5. The SMILES string of the molecule is Cc1ccc(NC(=O)COC(=O)c2cc(F)ccc2F)c(F)c1. The lowest BCUT2D eigenvalue weighted by atomic mass is 10.2. The maximum atomic E-state index is 13.6. The fourth-order valence-corrected chi connectivity index (χ4v) is 1.77. The Bertz CT molecular complexity index is 762. The van der Waals surface area contributed by atoms with Gasteiger partial charge >= 0.3 is 5.97 Å². The van der Waals surface area contributed by atoms with Gasteiger partial charge in [-0.15, -0.1) is 0 Å². The lowest BCUT2D eigenvalue weighted by Gasteiger charge is -2.08. The standard InChI is InChI=1S/C16H12F3NO3/c1-9-2-5-14(13(19)6-9)20-15(21)8-23-16(22)11-7-10(17)3-4-12(11)18/h2-7H,8H2,1H3,(H,20,21). The van der Waals surface area contributed by atoms with Gasteiger partial charge in [0.05, 0.1) is 11.3 Å². The van der Waals surface area contributed by atoms with E-state index in [2.05, 4.69) is 10.1 Å². The van der Waals surface area contributed by atoms with Crippen LogP contribution >= 0.6 is 0 Å². The van der Waals surface area contributed by atoms with E-state index in [9.17, 15) is 22.8 Å². The summed E-state index contributed by atoms with van der Waals surface area (Å²) in [5, 5.41) is 2.21. The van der Waals surface area contributed by atoms with Crippen molar-refractivity contribution >= 4 is 17.6 Å². The molecule has 23 heavy (non-hydrogen) atoms. The molecule has 0 radical (unpaired) electrons. The van der Waals surface area contributed by atoms with Crippen molar-refractivity contribution < 1.29 is 27.5 Å². The van der Waals surface area contributed by atoms with Crippen LogP contribution in [0.25, 0.3) is 0 Å². The van der Waals surface area contributed by atoms with Crippen LogP contribution in [-0.4, -0.2) is 18.5 Å². The number of anilines is 1. The number of hydrogen-bond acceptors (Lipinski definition) is 3. The van der Waals surface area contributed by atoms with Gasteiger partial charge in [-0.2, -0.15) is 0 Å². The van der Waals surface area contributed by atoms with Crippen LogP contribution in [0.1, 0.15) is 15.9 Å². The Morgan fingerprint density at radius 1 is 1.04 bits per heavy atom. The molecule has 2 aromatic rings. The molecule has 0 spiro atoms. The van der Waals surface area contributed by atoms with E-state index < -0.39 is 41.5 Å². The molecule has 0 aliphatic carbocycles. The average molecular weight is 323 g/mol. The highest BCUT2D eigenvalue weighted by molar-refractivity contribution is 5.95. The molecule has 2 rings (SSSR count). The molecule has 0 saturated carbocycles. The van der Waals surface area contributed by atoms with Gasteiger partial charge in [0.2, 0.25) is 0 Å². The first-order valence-electron chi connectivity index (χ1n) is 6.55. The lowest BCUT2D eigenvalue weighted by Crippen LogP contribution is -2.22. The van der Waals surface area contributed by atoms with Crippen molar-refractivity contribution in [3.05, 3.63) is 65.0 Å². The van der Waals surface area contributed by atoms with Crippen LogP contribution in [0.5, 0.6) is 0 Å². The maximum Gasteiger partial charge on any atom is 0.341 e. The number of aryl methyl sites for hydroxylation is 1. The number of halogens is 3. The second-order valence-corrected chi connectivity index (χ2v) is 4.73. The monoisotopic (exact) mass is 323 g/mol. The van der Waals surface area contributed by atoms with Gasteiger partial charge in [-0.05, 0) is 42.8 Å². The number of esters is 1. The van der Waals surface area contributed by atoms with Gasteiger partial charge in [0.25, 0.3) is 5.91 Å². The van der Waals surface area contributed by atoms with Crippen molar-refractivity contribution in [3.8, 4) is 0 Å². The number of amides is 1. The van der Waals surface area contributed by atoms with Crippen molar-refractivity contribution in [2.45, 2.75) is 6.92 Å². The van der Waals surface area contributed by atoms with Crippen LogP contribution < -0.4 is 5.32 Å². The number of hydrogen-bond donors (Lipinski definition) is 1. The Labute approximate surface area is 129 Å². The summed E-state index contributed by atoms with van der Waals surface area (Å²) in [4.78, 5) is 23.2. The number of benzene rings is 2. The second kappa shape index (κ2) is 6.95. The molecule has 2 aromatic carbocycles. The Kier molecular flexibility index (Phi) is 5.00. The van der Waals surface area contributed by atoms with E-state index in [-0.39, 0.29) is 5.69 Å². The van der Waals surface area contributed by atoms with Gasteiger partial charge in [0.15, 0.2) is 6.61 Å². The minimum absolute atomic E-state index is 0.0754. The van der Waals surface area contributed by atoms with Crippen LogP contribution in [0, 0.1) is 24.4 Å². The Balaban J connectivity index is 1.96. The van der Waals surface area contributed by atoms with Gasteiger partial charge in [-0.25, -0.2) is 18.0 Å². The zero-order valence-corrected chi connectivity index (χ0v) is 12.0. The highest BCUT2D eigenvalue weighted by Gasteiger charge is 2.16. The number of rotatable bonds is 4. The molecule has 0 aromatic heterocycles. The third-order valence-electron chi connectivity index (χ3n) is 2.88. The Morgan fingerprint density at radius 3 is 2.48 bits per heavy atom. The molecule has 0 saturated heterocycles. The number of carbonyl (C=O) groups is 2. The average Bonchev–Trinajstić information content (AvgIpc) is 2.50. The van der Waals surface area contributed by atoms with Gasteiger partial charge in [0.1, 0.15) is 17.5 Å². The van der Waals surface area contributed by atoms with E-state index in [0.717, 1.165) is 12.1 Å². The largest absolute Gasteiger partial charge is 0.452 e. The molecule has 0 atom stereocenters. The fourth-order valence-electron chi connectivity index (χ4n) is 1.77. The molecule has 0 aliphatic rings. The first kappa shape index (κ1) is 16.5. The molecule has 0 bridgehead atoms. The first-order valence-corrected chi connectivity index (χ1v) is 6.55. The summed E-state index contributed by atoms with van der Waals surface area (Å²) in [6.07, 6.45) is 0. The zero-order chi connectivity index (χ0) is 17.0. The van der Waals surface area contributed by atoms with E-state index in [4.69, 9.17) is 0 Å². The molecule has 0 fully saturated rings. The summed E-state index contributed by atoms with van der Waals surface area (Å²) >= 11 is 0. The summed E-state index contributed by atoms with van der Waals surface area (Å²) in [5.41, 5.74) is -0.0265. The van der Waals surface area contributed by atoms with Crippen LogP contribution in [-0.2, 0) is 9.53 Å². The zero-order valence-electron chi connectivity index (χ0n) is 12.0. The molecule has 1 N–H and O–H groups in total. The Morgan fingerprint density at radius 2 is 1.78 bits per heavy atom. The third kappa shape index (κ3) is 4.32. The van der Waals surface area contributed by atoms with Gasteiger partial charge in [-0.1, -0.05) is 6.07 Å². The van der Waals surface area contributed by atoms with Crippen LogP contribution in [0.2, 0.25) is 0 Å². The predicted molar refractivity (Wildman–Crippen MR) is 76.4 cm³/mol. The first-order chi connectivity index (χ1) is 10.9. The summed E-state index contributed by atoms with van der Waals surface area (Å²) in [6, 6.07) is 6.45. The van der Waals surface area contributed by atoms with E-state index in [1.807, 2.05) is 0 Å². The molecule has 0 unspecified atom stereocenters. The second-order valence-electron chi connectivity index (χ2n) is 4.73. The van der Waals surface area contributed by atoms with Gasteiger partial charge < -0.3 is 10.1 Å². The van der Waals surface area contributed by atoms with E-state index in [1.165, 1.54) is 12.1 Å². The van der Waals surface area contributed by atoms with Crippen LogP contribution in [0.4, 0.5) is 18.9 Å².